The van der Waals surface area contributed by atoms with Crippen molar-refractivity contribution in [1.29, 1.82) is 0 Å². The molecule has 0 saturated heterocycles. The molecule has 0 fully saturated rings. The topological polar surface area (TPSA) is 25.8 Å². The Morgan fingerprint density at radius 3 is 2.14 bits per heavy atom. The summed E-state index contributed by atoms with van der Waals surface area (Å²) in [4.78, 5) is 8.93. The van der Waals surface area contributed by atoms with E-state index in [1.165, 1.54) is 41.8 Å². The molecule has 3 heterocycles. The van der Waals surface area contributed by atoms with Crippen LogP contribution in [0.2, 0.25) is 17.3 Å². The van der Waals surface area contributed by atoms with Crippen molar-refractivity contribution in [1.82, 2.24) is 9.97 Å². The van der Waals surface area contributed by atoms with E-state index in [2.05, 4.69) is 106 Å². The molecular weight excluding hydrogens is 781 g/mol. The van der Waals surface area contributed by atoms with Gasteiger partial charge in [-0.3, -0.25) is 0 Å². The normalized spacial score (nSPS) is 12.4. The molecule has 0 atom stereocenters. The van der Waals surface area contributed by atoms with Gasteiger partial charge in [0.25, 0.3) is 0 Å². The first-order chi connectivity index (χ1) is 21.6. The Bertz CT molecular complexity index is 2000. The van der Waals surface area contributed by atoms with Crippen molar-refractivity contribution in [2.75, 3.05) is 0 Å². The minimum atomic E-state index is -2.08. The van der Waals surface area contributed by atoms with E-state index in [1.54, 1.807) is 12.1 Å². The first-order valence-electron chi connectivity index (χ1n) is 15.4. The van der Waals surface area contributed by atoms with Gasteiger partial charge in [0.05, 0.1) is 0 Å². The number of aromatic nitrogens is 2. The van der Waals surface area contributed by atoms with Crippen molar-refractivity contribution in [2.24, 2.45) is 0 Å². The van der Waals surface area contributed by atoms with Crippen LogP contribution in [0, 0.1) is 19.0 Å². The molecule has 0 aliphatic heterocycles. The second-order valence-electron chi connectivity index (χ2n) is 11.2. The van der Waals surface area contributed by atoms with Crippen LogP contribution in [0.1, 0.15) is 9.68 Å². The maximum Gasteiger partial charge on any atom is 0.0245 e. The molecule has 0 amide bonds. The first-order valence-corrected chi connectivity index (χ1v) is 22.1. The summed E-state index contributed by atoms with van der Waals surface area (Å²) in [6, 6.07) is 43.0. The van der Waals surface area contributed by atoms with Gasteiger partial charge in [-0.2, -0.15) is 11.3 Å². The van der Waals surface area contributed by atoms with E-state index in [-0.39, 0.29) is 20.1 Å². The van der Waals surface area contributed by atoms with Crippen LogP contribution in [-0.4, -0.2) is 23.2 Å². The van der Waals surface area contributed by atoms with Crippen LogP contribution in [-0.2, 0) is 20.1 Å². The molecule has 3 aromatic heterocycles. The zero-order valence-electron chi connectivity index (χ0n) is 27.2. The van der Waals surface area contributed by atoms with Crippen molar-refractivity contribution in [3.8, 4) is 33.6 Å². The smallest absolute Gasteiger partial charge is 0.0245 e. The summed E-state index contributed by atoms with van der Waals surface area (Å²) >= 11 is -0.00811. The van der Waals surface area contributed by atoms with E-state index in [0.29, 0.717) is 5.56 Å². The maximum atomic E-state index is 7.35. The van der Waals surface area contributed by atoms with Gasteiger partial charge in [0.15, 0.2) is 0 Å². The summed E-state index contributed by atoms with van der Waals surface area (Å²) in [6.45, 7) is -2.08. The zero-order valence-corrected chi connectivity index (χ0v) is 29.5. The Labute approximate surface area is 278 Å². The van der Waals surface area contributed by atoms with Gasteiger partial charge < -0.3 is 4.98 Å². The molecule has 0 aliphatic carbocycles. The summed E-state index contributed by atoms with van der Waals surface area (Å²) in [6.07, 6.45) is 3.77. The Morgan fingerprint density at radius 1 is 0.674 bits per heavy atom. The quantitative estimate of drug-likeness (QED) is 0.131. The Morgan fingerprint density at radius 2 is 1.47 bits per heavy atom. The second kappa shape index (κ2) is 13.5. The van der Waals surface area contributed by atoms with E-state index in [0.717, 1.165) is 22.5 Å². The van der Waals surface area contributed by atoms with Gasteiger partial charge in [0.1, 0.15) is 0 Å². The Balaban J connectivity index is 0.000000182. The summed E-state index contributed by atoms with van der Waals surface area (Å²) in [7, 11) is 0. The van der Waals surface area contributed by atoms with Crippen LogP contribution in [0.25, 0.3) is 53.8 Å². The molecule has 0 bridgehead atoms. The fourth-order valence-electron chi connectivity index (χ4n) is 4.78. The minimum Gasteiger partial charge on any atom is -0.305 e. The molecular formula is C38H32GeIrN2S-2. The van der Waals surface area contributed by atoms with Gasteiger partial charge in [0.2, 0.25) is 0 Å². The van der Waals surface area contributed by atoms with E-state index < -0.39 is 20.1 Å². The maximum absolute atomic E-state index is 7.35. The number of thiophene rings is 1. The Hall–Kier alpha value is -3.41. The molecule has 1 radical (unpaired) electrons. The third-order valence-electron chi connectivity index (χ3n) is 7.17. The third kappa shape index (κ3) is 7.22. The molecule has 5 heteroatoms. The fourth-order valence-corrected chi connectivity index (χ4v) is 8.06. The standard InChI is InChI=1S/C23H14NS.C15H18GeN.Ir/c1-2-6-16(7-3-1)17-9-11-19-20-14-18(21-8-4-5-13-24-21)10-12-22(20)25-23(19)15-17;1-12-5-7-13(8-6-12)15-10-9-14(11-17-15)16(2,3)4;/h1-9,11-15H;5-7,9-11H,1-4H3;/q2*-1;/i;1D3;. The largest absolute Gasteiger partial charge is 0.305 e. The first kappa shape index (κ1) is 27.2. The summed E-state index contributed by atoms with van der Waals surface area (Å²) in [5.74, 6) is 6.98. The van der Waals surface area contributed by atoms with E-state index in [9.17, 15) is 0 Å². The number of rotatable bonds is 4. The molecule has 2 nitrogen and oxygen atoms in total. The molecule has 0 spiro atoms. The second-order valence-corrected chi connectivity index (χ2v) is 22.9. The summed E-state index contributed by atoms with van der Waals surface area (Å²) in [5, 5.41) is 2.57. The molecule has 4 aromatic carbocycles. The van der Waals surface area contributed by atoms with Crippen molar-refractivity contribution < 1.29 is 24.2 Å². The van der Waals surface area contributed by atoms with Crippen LogP contribution < -0.4 is 4.40 Å². The molecule has 43 heavy (non-hydrogen) atoms. The summed E-state index contributed by atoms with van der Waals surface area (Å²) in [5.41, 5.74) is 6.48. The van der Waals surface area contributed by atoms with E-state index in [1.807, 2.05) is 48.0 Å². The van der Waals surface area contributed by atoms with Crippen LogP contribution in [0.5, 0.6) is 0 Å². The van der Waals surface area contributed by atoms with Gasteiger partial charge in [-0.25, -0.2) is 0 Å². The summed E-state index contributed by atoms with van der Waals surface area (Å²) < 4.78 is 26.0. The number of nitrogens with zero attached hydrogens (tertiary/aromatic N) is 2. The average Bonchev–Trinajstić information content (AvgIpc) is 3.42. The average molecular weight is 817 g/mol. The van der Waals surface area contributed by atoms with E-state index >= 15 is 0 Å². The molecule has 215 valence electrons. The van der Waals surface area contributed by atoms with Crippen molar-refractivity contribution in [3.05, 3.63) is 139 Å². The number of benzene rings is 4. The van der Waals surface area contributed by atoms with Crippen LogP contribution in [0.4, 0.5) is 0 Å². The van der Waals surface area contributed by atoms with Gasteiger partial charge in [-0.15, -0.1) is 23.8 Å². The van der Waals surface area contributed by atoms with Crippen molar-refractivity contribution in [2.45, 2.75) is 24.1 Å². The fraction of sp³-hybridized carbons (Fsp3) is 0.105. The van der Waals surface area contributed by atoms with Crippen LogP contribution in [0.15, 0.2) is 122 Å². The van der Waals surface area contributed by atoms with Crippen LogP contribution >= 0.6 is 11.3 Å². The zero-order chi connectivity index (χ0) is 31.6. The van der Waals surface area contributed by atoms with Gasteiger partial charge in [-0.1, -0.05) is 60.0 Å². The number of aryl methyl sites for hydroxylation is 1. The predicted molar refractivity (Wildman–Crippen MR) is 183 cm³/mol. The van der Waals surface area contributed by atoms with Gasteiger partial charge in [0, 0.05) is 31.0 Å². The van der Waals surface area contributed by atoms with Crippen LogP contribution in [0.3, 0.4) is 0 Å². The Kier molecular flexibility index (Phi) is 8.52. The number of hydrogen-bond donors (Lipinski definition) is 0. The predicted octanol–water partition coefficient (Wildman–Crippen LogP) is 9.98. The third-order valence-corrected chi connectivity index (χ3v) is 12.5. The van der Waals surface area contributed by atoms with Gasteiger partial charge >= 0.3 is 110 Å². The number of fused-ring (bicyclic) bond motifs is 3. The molecule has 7 rings (SSSR count). The minimum absolute atomic E-state index is 0. The SMILES string of the molecule is [2H]C([2H])([2H])c1c[c-]c(-c2cc[c]([Ge]([CH3])([CH3])[CH3])cn2)cc1.[Ir].[c-]1cc2sc3cc(-c4ccccc4)ccc3c2cc1-c1ccccn1. The van der Waals surface area contributed by atoms with E-state index in [4.69, 9.17) is 4.11 Å². The van der Waals surface area contributed by atoms with Crippen molar-refractivity contribution in [3.63, 3.8) is 0 Å². The molecule has 0 aliphatic rings. The molecule has 0 unspecified atom stereocenters. The number of hydrogen-bond acceptors (Lipinski definition) is 3. The van der Waals surface area contributed by atoms with Crippen molar-refractivity contribution >= 4 is 49.2 Å². The molecule has 7 aromatic rings. The molecule has 0 saturated carbocycles. The molecule has 0 N–H and O–H groups in total. The number of pyridine rings is 2. The van der Waals surface area contributed by atoms with Gasteiger partial charge in [-0.05, 0) is 39.0 Å². The monoisotopic (exact) mass is 818 g/mol.